The number of nitrogens with one attached hydrogen (secondary N) is 2. The lowest BCUT2D eigenvalue weighted by Gasteiger charge is -2.35. The van der Waals surface area contributed by atoms with Gasteiger partial charge in [-0.1, -0.05) is 113 Å². The number of hydrogen-bond donors (Lipinski definition) is 3. The van der Waals surface area contributed by atoms with E-state index in [1.165, 1.54) is 25.0 Å². The van der Waals surface area contributed by atoms with Crippen LogP contribution in [0.4, 0.5) is 0 Å². The van der Waals surface area contributed by atoms with Crippen molar-refractivity contribution in [2.75, 3.05) is 0 Å². The highest BCUT2D eigenvalue weighted by molar-refractivity contribution is 5.82. The van der Waals surface area contributed by atoms with Crippen LogP contribution in [0.3, 0.4) is 0 Å². The minimum Gasteiger partial charge on any atom is -0.478 e. The Morgan fingerprint density at radius 2 is 1.34 bits per heavy atom. The number of aliphatic carboxylic acids is 1. The normalized spacial score (nSPS) is 13.4. The molecular weight excluding hydrogens is 586 g/mol. The van der Waals surface area contributed by atoms with Crippen LogP contribution in [0.1, 0.15) is 136 Å². The van der Waals surface area contributed by atoms with Gasteiger partial charge in [-0.05, 0) is 78.8 Å². The monoisotopic (exact) mass is 645 g/mol. The summed E-state index contributed by atoms with van der Waals surface area (Å²) in [5.41, 5.74) is 4.03. The first kappa shape index (κ1) is 37.8. The van der Waals surface area contributed by atoms with Gasteiger partial charge in [-0.2, -0.15) is 5.10 Å². The molecule has 0 atom stereocenters. The lowest BCUT2D eigenvalue weighted by Crippen LogP contribution is -2.40. The largest absolute Gasteiger partial charge is 0.478 e. The topological polar surface area (TPSA) is 104 Å². The van der Waals surface area contributed by atoms with E-state index in [9.17, 15) is 14.7 Å². The molecule has 7 nitrogen and oxygen atoms in total. The number of carbonyl (C=O) groups excluding carboxylic acids is 1. The number of benzene rings is 2. The van der Waals surface area contributed by atoms with Crippen LogP contribution >= 0.6 is 0 Å². The second-order valence-electron chi connectivity index (χ2n) is 17.6. The van der Waals surface area contributed by atoms with Gasteiger partial charge in [0.15, 0.2) is 5.60 Å². The van der Waals surface area contributed by atoms with Crippen molar-refractivity contribution < 1.29 is 19.4 Å². The van der Waals surface area contributed by atoms with Gasteiger partial charge >= 0.3 is 5.97 Å². The highest BCUT2D eigenvalue weighted by Gasteiger charge is 2.39. The van der Waals surface area contributed by atoms with E-state index in [4.69, 9.17) is 9.84 Å². The maximum Gasteiger partial charge on any atom is 0.347 e. The molecule has 0 saturated carbocycles. The molecule has 7 heteroatoms. The van der Waals surface area contributed by atoms with Crippen molar-refractivity contribution >= 4 is 11.9 Å². The Bertz CT molecular complexity index is 1570. The fraction of sp³-hybridized carbons (Fsp3) is 0.575. The number of nitrogens with zero attached hydrogens (tertiary/aromatic N) is 1. The molecular formula is C40H59N3O4. The molecule has 0 unspecified atom stereocenters. The van der Waals surface area contributed by atoms with Crippen molar-refractivity contribution in [3.63, 3.8) is 0 Å². The minimum atomic E-state index is -1.34. The van der Waals surface area contributed by atoms with Crippen LogP contribution in [0, 0.1) is 12.3 Å². The van der Waals surface area contributed by atoms with E-state index in [-0.39, 0.29) is 27.6 Å². The van der Waals surface area contributed by atoms with Crippen molar-refractivity contribution in [3.8, 4) is 5.75 Å². The number of amides is 1. The van der Waals surface area contributed by atoms with E-state index >= 15 is 0 Å². The summed E-state index contributed by atoms with van der Waals surface area (Å²) >= 11 is 0. The summed E-state index contributed by atoms with van der Waals surface area (Å²) in [5, 5.41) is 20.6. The zero-order valence-corrected chi connectivity index (χ0v) is 31.4. The van der Waals surface area contributed by atoms with E-state index in [1.54, 1.807) is 6.07 Å². The second kappa shape index (κ2) is 13.1. The fourth-order valence-electron chi connectivity index (χ4n) is 6.69. The highest BCUT2D eigenvalue weighted by Crippen LogP contribution is 2.41. The summed E-state index contributed by atoms with van der Waals surface area (Å²) in [6, 6.07) is 16.8. The van der Waals surface area contributed by atoms with Crippen LogP contribution in [0.15, 0.2) is 48.5 Å². The molecule has 0 bridgehead atoms. The number of carboxylic acids is 1. The standard InChI is InChI=1S/C40H59N3O4/c1-26-21-27(15-20-30(26)47-40(13,14)34(45)46)23-41-33(44)39(11,12)25-38(9,10)32-22-31(42-43-32)37(7,8)24-36(5,6)29-18-16-28(17-19-29)35(2,3)4/h15-22H,23-25H2,1-14H3,(H,41,44)(H,42,43)(H,45,46). The van der Waals surface area contributed by atoms with Gasteiger partial charge in [-0.15, -0.1) is 0 Å². The molecule has 0 aliphatic rings. The summed E-state index contributed by atoms with van der Waals surface area (Å²) in [6.07, 6.45) is 1.55. The predicted molar refractivity (Wildman–Crippen MR) is 191 cm³/mol. The number of aryl methyl sites for hydroxylation is 1. The fourth-order valence-corrected chi connectivity index (χ4v) is 6.69. The second-order valence-corrected chi connectivity index (χ2v) is 17.6. The SMILES string of the molecule is Cc1cc(CNC(=O)C(C)(C)CC(C)(C)c2cc(C(C)(C)CC(C)(C)c3ccc(C(C)(C)C)cc3)[nH]n2)ccc1OC(C)(C)C(=O)O. The average Bonchev–Trinajstić information content (AvgIpc) is 3.44. The summed E-state index contributed by atoms with van der Waals surface area (Å²) < 4.78 is 5.71. The molecule has 3 N–H and O–H groups in total. The maximum absolute atomic E-state index is 13.5. The Morgan fingerprint density at radius 1 is 0.766 bits per heavy atom. The van der Waals surface area contributed by atoms with Crippen LogP contribution < -0.4 is 10.1 Å². The molecule has 1 amide bonds. The number of aromatic amines is 1. The summed E-state index contributed by atoms with van der Waals surface area (Å²) in [4.78, 5) is 24.9. The van der Waals surface area contributed by atoms with Crippen LogP contribution in [-0.2, 0) is 37.8 Å². The number of hydrogen-bond acceptors (Lipinski definition) is 4. The molecule has 2 aromatic carbocycles. The van der Waals surface area contributed by atoms with Crippen molar-refractivity contribution in [1.29, 1.82) is 0 Å². The Kier molecular flexibility index (Phi) is 10.6. The van der Waals surface area contributed by atoms with Crippen molar-refractivity contribution in [3.05, 3.63) is 82.2 Å². The van der Waals surface area contributed by atoms with Gasteiger partial charge < -0.3 is 15.2 Å². The van der Waals surface area contributed by atoms with Crippen LogP contribution in [0.25, 0.3) is 0 Å². The molecule has 258 valence electrons. The molecule has 1 heterocycles. The molecule has 3 aromatic rings. The van der Waals surface area contributed by atoms with Gasteiger partial charge in [-0.25, -0.2) is 4.79 Å². The van der Waals surface area contributed by atoms with E-state index < -0.39 is 17.0 Å². The molecule has 0 radical (unpaired) electrons. The average molecular weight is 646 g/mol. The third-order valence-corrected chi connectivity index (χ3v) is 9.49. The van der Waals surface area contributed by atoms with E-state index in [0.717, 1.165) is 28.9 Å². The number of carbonyl (C=O) groups is 2. The number of rotatable bonds is 13. The van der Waals surface area contributed by atoms with Gasteiger partial charge in [0.2, 0.25) is 5.91 Å². The van der Waals surface area contributed by atoms with Crippen LogP contribution in [0.2, 0.25) is 0 Å². The van der Waals surface area contributed by atoms with Crippen LogP contribution in [0.5, 0.6) is 5.75 Å². The molecule has 0 fully saturated rings. The lowest BCUT2D eigenvalue weighted by molar-refractivity contribution is -0.152. The summed E-state index contributed by atoms with van der Waals surface area (Å²) in [6.45, 7) is 29.4. The zero-order valence-electron chi connectivity index (χ0n) is 31.4. The molecule has 1 aromatic heterocycles. The first-order valence-electron chi connectivity index (χ1n) is 16.7. The van der Waals surface area contributed by atoms with Gasteiger partial charge in [0.05, 0.1) is 5.69 Å². The smallest absolute Gasteiger partial charge is 0.347 e. The summed E-state index contributed by atoms with van der Waals surface area (Å²) in [5.74, 6) is -0.560. The first-order chi connectivity index (χ1) is 21.3. The van der Waals surface area contributed by atoms with Crippen molar-refractivity contribution in [1.82, 2.24) is 15.5 Å². The number of aromatic nitrogens is 2. The first-order valence-corrected chi connectivity index (χ1v) is 16.7. The van der Waals surface area contributed by atoms with Gasteiger partial charge in [0.1, 0.15) is 5.75 Å². The zero-order chi connectivity index (χ0) is 35.8. The third kappa shape index (κ3) is 9.27. The van der Waals surface area contributed by atoms with E-state index in [0.29, 0.717) is 18.7 Å². The van der Waals surface area contributed by atoms with Crippen LogP contribution in [-0.4, -0.2) is 32.8 Å². The van der Waals surface area contributed by atoms with E-state index in [1.807, 2.05) is 32.9 Å². The number of ether oxygens (including phenoxy) is 1. The predicted octanol–water partition coefficient (Wildman–Crippen LogP) is 8.91. The molecule has 0 aliphatic heterocycles. The Morgan fingerprint density at radius 3 is 1.87 bits per heavy atom. The van der Waals surface area contributed by atoms with E-state index in [2.05, 4.69) is 103 Å². The maximum atomic E-state index is 13.5. The Labute approximate surface area is 283 Å². The molecule has 47 heavy (non-hydrogen) atoms. The van der Waals surface area contributed by atoms with Gasteiger partial charge in [0.25, 0.3) is 0 Å². The van der Waals surface area contributed by atoms with Crippen molar-refractivity contribution in [2.24, 2.45) is 5.41 Å². The minimum absolute atomic E-state index is 0.0362. The summed E-state index contributed by atoms with van der Waals surface area (Å²) in [7, 11) is 0. The number of H-pyrrole nitrogens is 1. The Balaban J connectivity index is 1.67. The Hall–Kier alpha value is -3.61. The quantitative estimate of drug-likeness (QED) is 0.172. The molecule has 3 rings (SSSR count). The third-order valence-electron chi connectivity index (χ3n) is 9.49. The van der Waals surface area contributed by atoms with Gasteiger partial charge in [-0.3, -0.25) is 9.89 Å². The van der Waals surface area contributed by atoms with Crippen molar-refractivity contribution in [2.45, 2.75) is 144 Å². The molecule has 0 aliphatic carbocycles. The lowest BCUT2D eigenvalue weighted by atomic mass is 9.69. The van der Waals surface area contributed by atoms with Gasteiger partial charge in [0, 0.05) is 28.5 Å². The highest BCUT2D eigenvalue weighted by atomic mass is 16.5. The molecule has 0 saturated heterocycles. The number of carboxylic acid groups (broad SMARTS) is 1. The molecule has 0 spiro atoms.